The Balaban J connectivity index is 1.24. The molecule has 8 aromatic rings. The first kappa shape index (κ1) is 78.9. The Hall–Kier alpha value is -8.80. The number of amides is 2. The number of ether oxygens (including phenoxy) is 3. The lowest BCUT2D eigenvalue weighted by Crippen LogP contribution is -2.38. The van der Waals surface area contributed by atoms with Gasteiger partial charge in [0.15, 0.2) is 0 Å². The molecule has 0 aliphatic carbocycles. The molecule has 15 nitrogen and oxygen atoms in total. The highest BCUT2D eigenvalue weighted by molar-refractivity contribution is 7.93. The largest absolute Gasteiger partial charge is 0.491 e. The van der Waals surface area contributed by atoms with Crippen molar-refractivity contribution in [1.29, 1.82) is 0 Å². The number of benzene rings is 8. The molecule has 8 aromatic carbocycles. The second-order valence-corrected chi connectivity index (χ2v) is 32.3. The molecule has 0 fully saturated rings. The second-order valence-electron chi connectivity index (χ2n) is 29.0. The van der Waals surface area contributed by atoms with Crippen molar-refractivity contribution >= 4 is 77.4 Å². The lowest BCUT2D eigenvalue weighted by Gasteiger charge is -2.29. The normalized spacial score (nSPS) is 12.4. The zero-order chi connectivity index (χ0) is 73.9. The van der Waals surface area contributed by atoms with Crippen molar-refractivity contribution in [2.45, 2.75) is 220 Å². The predicted octanol–water partition coefficient (Wildman–Crippen LogP) is 22.8. The van der Waals surface area contributed by atoms with Crippen LogP contribution in [0.1, 0.15) is 243 Å². The molecule has 6 N–H and O–H groups in total. The first-order valence-corrected chi connectivity index (χ1v) is 39.7. The summed E-state index contributed by atoms with van der Waals surface area (Å²) < 4.78 is 85.7. The van der Waals surface area contributed by atoms with E-state index in [1.165, 1.54) is 0 Å². The molecule has 0 aliphatic heterocycles. The summed E-state index contributed by atoms with van der Waals surface area (Å²) in [7, 11) is -8.55. The maximum Gasteiger partial charge on any atom is 0.262 e. The van der Waals surface area contributed by atoms with Gasteiger partial charge in [-0.3, -0.25) is 19.0 Å². The number of nitrogens with one attached hydrogen (secondary N) is 6. The summed E-state index contributed by atoms with van der Waals surface area (Å²) in [4.78, 5) is 32.1. The van der Waals surface area contributed by atoms with Crippen molar-refractivity contribution in [3.63, 3.8) is 0 Å². The number of hydrogen-bond acceptors (Lipinski definition) is 11. The SMILES string of the molecule is CCCCCCOc1ccccc1Nc1ccc(NS(=O)(=O)c2c(C(C)C)cc(C(C)C)cc2C(C)C)cc1NC(=O)CC(C)(CCc1ccccc1Oc1ccccc1)C(=O)Nc1cc(NS(=O)(=O)c2c(C(C)C)cc(C(C)C)cc2C(C)C)ccc1Nc1ccccc1OCCCCCC. The van der Waals surface area contributed by atoms with Gasteiger partial charge in [-0.05, 0) is 179 Å². The lowest BCUT2D eigenvalue weighted by atomic mass is 9.79. The summed E-state index contributed by atoms with van der Waals surface area (Å²) in [6.07, 6.45) is 8.09. The maximum atomic E-state index is 16.1. The molecule has 0 heterocycles. The Morgan fingerprint density at radius 2 is 0.824 bits per heavy atom. The van der Waals surface area contributed by atoms with Gasteiger partial charge in [0.05, 0.1) is 73.9 Å². The van der Waals surface area contributed by atoms with Gasteiger partial charge in [-0.1, -0.05) is 227 Å². The van der Waals surface area contributed by atoms with E-state index in [1.807, 2.05) is 183 Å². The molecule has 1 atom stereocenters. The van der Waals surface area contributed by atoms with Crippen LogP contribution in [0, 0.1) is 5.41 Å². The molecule has 1 unspecified atom stereocenters. The summed E-state index contributed by atoms with van der Waals surface area (Å²) in [6.45, 7) is 31.4. The minimum Gasteiger partial charge on any atom is -0.491 e. The molecule has 0 bridgehead atoms. The summed E-state index contributed by atoms with van der Waals surface area (Å²) in [5.41, 5.74) is 7.07. The van der Waals surface area contributed by atoms with Crippen LogP contribution in [0.4, 0.5) is 45.5 Å². The average molecular weight is 1420 g/mol. The summed E-state index contributed by atoms with van der Waals surface area (Å²) in [6, 6.07) is 50.1. The molecule has 0 radical (unpaired) electrons. The number of para-hydroxylation sites is 6. The van der Waals surface area contributed by atoms with Gasteiger partial charge in [0.1, 0.15) is 23.0 Å². The van der Waals surface area contributed by atoms with Crippen LogP contribution in [-0.2, 0) is 36.1 Å². The molecular formula is C85H110N6O9S2. The predicted molar refractivity (Wildman–Crippen MR) is 422 cm³/mol. The molecule has 8 rings (SSSR count). The van der Waals surface area contributed by atoms with E-state index in [9.17, 15) is 0 Å². The van der Waals surface area contributed by atoms with Crippen LogP contribution in [0.5, 0.6) is 23.0 Å². The van der Waals surface area contributed by atoms with E-state index >= 15 is 26.4 Å². The molecular weight excluding hydrogens is 1310 g/mol. The Kier molecular flexibility index (Phi) is 28.1. The molecule has 0 saturated heterocycles. The monoisotopic (exact) mass is 1420 g/mol. The Morgan fingerprint density at radius 3 is 1.25 bits per heavy atom. The van der Waals surface area contributed by atoms with Gasteiger partial charge >= 0.3 is 0 Å². The second kappa shape index (κ2) is 36.4. The van der Waals surface area contributed by atoms with Gasteiger partial charge in [0.2, 0.25) is 11.8 Å². The Bertz CT molecular complexity index is 4300. The van der Waals surface area contributed by atoms with Crippen molar-refractivity contribution in [2.75, 3.05) is 43.9 Å². The van der Waals surface area contributed by atoms with E-state index in [4.69, 9.17) is 14.2 Å². The van der Waals surface area contributed by atoms with E-state index in [-0.39, 0.29) is 80.9 Å². The topological polar surface area (TPSA) is 202 Å². The van der Waals surface area contributed by atoms with Crippen LogP contribution in [0.2, 0.25) is 0 Å². The van der Waals surface area contributed by atoms with Gasteiger partial charge in [-0.25, -0.2) is 16.8 Å². The summed E-state index contributed by atoms with van der Waals surface area (Å²) in [5.74, 6) is 1.06. The summed E-state index contributed by atoms with van der Waals surface area (Å²) in [5, 5.41) is 13.4. The van der Waals surface area contributed by atoms with Crippen LogP contribution >= 0.6 is 0 Å². The first-order chi connectivity index (χ1) is 48.6. The fourth-order valence-corrected chi connectivity index (χ4v) is 16.0. The molecule has 0 aromatic heterocycles. The molecule has 0 saturated carbocycles. The fraction of sp³-hybridized carbons (Fsp3) is 0.412. The number of anilines is 8. The minimum absolute atomic E-state index is 0.105. The highest BCUT2D eigenvalue weighted by atomic mass is 32.2. The number of aryl methyl sites for hydroxylation is 1. The van der Waals surface area contributed by atoms with Crippen molar-refractivity contribution in [2.24, 2.45) is 5.41 Å². The first-order valence-electron chi connectivity index (χ1n) is 36.7. The zero-order valence-electron chi connectivity index (χ0n) is 62.7. The number of carbonyl (C=O) groups is 2. The van der Waals surface area contributed by atoms with Crippen LogP contribution in [0.25, 0.3) is 0 Å². The van der Waals surface area contributed by atoms with Crippen molar-refractivity contribution in [1.82, 2.24) is 0 Å². The molecule has 2 amide bonds. The van der Waals surface area contributed by atoms with Crippen LogP contribution in [-0.4, -0.2) is 41.9 Å². The molecule has 0 aliphatic rings. The quantitative estimate of drug-likeness (QED) is 0.0201. The van der Waals surface area contributed by atoms with Gasteiger partial charge in [0.25, 0.3) is 20.0 Å². The maximum absolute atomic E-state index is 16.1. The smallest absolute Gasteiger partial charge is 0.262 e. The molecule has 0 spiro atoms. The van der Waals surface area contributed by atoms with Gasteiger partial charge in [-0.2, -0.15) is 0 Å². The third-order valence-electron chi connectivity index (χ3n) is 18.6. The van der Waals surface area contributed by atoms with Crippen molar-refractivity contribution < 1.29 is 40.6 Å². The van der Waals surface area contributed by atoms with Crippen molar-refractivity contribution in [3.8, 4) is 23.0 Å². The average Bonchev–Trinajstić information content (AvgIpc) is 0.771. The number of rotatable bonds is 38. The van der Waals surface area contributed by atoms with Gasteiger partial charge < -0.3 is 35.5 Å². The standard InChI is InChI=1S/C85H110N6O9S2/c1-16-18-20-31-47-98-79-39-29-26-36-74(79)86-72-43-41-65(90-101(94,95)82-68(58(7)8)49-63(56(3)4)50-69(82)59(9)10)53-76(72)88-81(92)55-85(15,46-45-62-33-25-28-38-78(62)100-67-34-23-22-24-35-67)84(93)89-77-54-66(42-44-73(77)87-75-37-27-30-40-80(75)99-48-32-21-19-17-2)91-102(96,97)83-70(60(11)12)51-64(57(5)6)52-71(83)61(13)14/h22-30,33-44,49-54,56-61,86-87,90-91H,16-21,31-32,45-48,55H2,1-15H3,(H,88,92)(H,89,93). The Labute approximate surface area is 609 Å². The number of hydrogen-bond donors (Lipinski definition) is 6. The molecule has 546 valence electrons. The summed E-state index contributed by atoms with van der Waals surface area (Å²) >= 11 is 0. The van der Waals surface area contributed by atoms with Gasteiger partial charge in [0, 0.05) is 6.42 Å². The van der Waals surface area contributed by atoms with Crippen LogP contribution < -0.4 is 44.9 Å². The third-order valence-corrected chi connectivity index (χ3v) is 21.6. The highest BCUT2D eigenvalue weighted by Gasteiger charge is 2.38. The molecule has 17 heteroatoms. The van der Waals surface area contributed by atoms with E-state index < -0.39 is 43.7 Å². The van der Waals surface area contributed by atoms with E-state index in [0.717, 1.165) is 68.1 Å². The fourth-order valence-electron chi connectivity index (χ4n) is 12.5. The zero-order valence-corrected chi connectivity index (χ0v) is 64.4. The number of unbranched alkanes of at least 4 members (excludes halogenated alkanes) is 6. The van der Waals surface area contributed by atoms with Crippen LogP contribution in [0.3, 0.4) is 0 Å². The van der Waals surface area contributed by atoms with Crippen molar-refractivity contribution in [3.05, 3.63) is 203 Å². The Morgan fingerprint density at radius 1 is 0.422 bits per heavy atom. The minimum atomic E-state index is -4.28. The lowest BCUT2D eigenvalue weighted by molar-refractivity contribution is -0.130. The van der Waals surface area contributed by atoms with Gasteiger partial charge in [-0.15, -0.1) is 0 Å². The highest BCUT2D eigenvalue weighted by Crippen LogP contribution is 2.43. The third kappa shape index (κ3) is 21.2. The van der Waals surface area contributed by atoms with Crippen LogP contribution in [0.15, 0.2) is 174 Å². The number of carbonyl (C=O) groups excluding carboxylic acids is 2. The van der Waals surface area contributed by atoms with E-state index in [2.05, 4.69) is 72.3 Å². The number of sulfonamides is 2. The van der Waals surface area contributed by atoms with E-state index in [0.29, 0.717) is 81.2 Å². The van der Waals surface area contributed by atoms with E-state index in [1.54, 1.807) is 43.3 Å². The molecule has 102 heavy (non-hydrogen) atoms.